The molecule has 2 aromatic rings. The number of benzene rings is 1. The Morgan fingerprint density at radius 3 is 2.74 bits per heavy atom. The lowest BCUT2D eigenvalue weighted by molar-refractivity contribution is 0.697. The van der Waals surface area contributed by atoms with E-state index in [4.69, 9.17) is 0 Å². The number of nitrogens with zero attached hydrogens (tertiary/aromatic N) is 1. The fraction of sp³-hybridized carbons (Fsp3) is 0.267. The van der Waals surface area contributed by atoms with Crippen molar-refractivity contribution < 1.29 is 0 Å². The highest BCUT2D eigenvalue weighted by Gasteiger charge is 2.04. The summed E-state index contributed by atoms with van der Waals surface area (Å²) in [5.41, 5.74) is 3.56. The average Bonchev–Trinajstić information content (AvgIpc) is 2.34. The number of hydrogen-bond acceptors (Lipinski definition) is 2. The van der Waals surface area contributed by atoms with Gasteiger partial charge in [-0.1, -0.05) is 12.1 Å². The molecule has 2 rings (SSSR count). The van der Waals surface area contributed by atoms with Crippen LogP contribution in [0.2, 0.25) is 0 Å². The van der Waals surface area contributed by atoms with Gasteiger partial charge in [-0.25, -0.2) is 0 Å². The molecule has 19 heavy (non-hydrogen) atoms. The summed E-state index contributed by atoms with van der Waals surface area (Å²) in [4.78, 5) is 11.6. The maximum atomic E-state index is 11.6. The van der Waals surface area contributed by atoms with Crippen LogP contribution in [-0.4, -0.2) is 11.1 Å². The normalized spacial score (nSPS) is 10.5. The maximum absolute atomic E-state index is 11.6. The zero-order chi connectivity index (χ0) is 13.8. The Kier molecular flexibility index (Phi) is 4.43. The molecule has 0 saturated carbocycles. The van der Waals surface area contributed by atoms with Crippen LogP contribution in [0.3, 0.4) is 0 Å². The van der Waals surface area contributed by atoms with E-state index in [-0.39, 0.29) is 5.56 Å². The molecule has 0 unspecified atom stereocenters. The van der Waals surface area contributed by atoms with Crippen molar-refractivity contribution in [2.45, 2.75) is 20.4 Å². The second kappa shape index (κ2) is 6.06. The molecule has 0 radical (unpaired) electrons. The molecule has 0 spiro atoms. The molecule has 1 aromatic carbocycles. The van der Waals surface area contributed by atoms with Gasteiger partial charge in [-0.05, 0) is 53.0 Å². The van der Waals surface area contributed by atoms with Crippen LogP contribution in [-0.2, 0) is 6.54 Å². The molecule has 0 aliphatic heterocycles. The molecule has 0 atom stereocenters. The smallest absolute Gasteiger partial charge is 0.250 e. The van der Waals surface area contributed by atoms with Gasteiger partial charge in [0, 0.05) is 29.8 Å². The van der Waals surface area contributed by atoms with Gasteiger partial charge < -0.3 is 9.88 Å². The number of anilines is 1. The van der Waals surface area contributed by atoms with Gasteiger partial charge in [-0.2, -0.15) is 0 Å². The zero-order valence-electron chi connectivity index (χ0n) is 11.1. The van der Waals surface area contributed by atoms with E-state index in [2.05, 4.69) is 47.2 Å². The van der Waals surface area contributed by atoms with E-state index < -0.39 is 0 Å². The second-order valence-corrected chi connectivity index (χ2v) is 5.45. The highest BCUT2D eigenvalue weighted by Crippen LogP contribution is 2.27. The molecule has 0 aliphatic carbocycles. The lowest BCUT2D eigenvalue weighted by atomic mass is 10.1. The Bertz CT molecular complexity index is 611. The molecule has 100 valence electrons. The summed E-state index contributed by atoms with van der Waals surface area (Å²) in [6.07, 6.45) is 1.81. The van der Waals surface area contributed by atoms with Crippen LogP contribution >= 0.6 is 15.9 Å². The first-order valence-corrected chi connectivity index (χ1v) is 7.03. The number of pyridine rings is 1. The summed E-state index contributed by atoms with van der Waals surface area (Å²) in [6, 6.07) is 9.43. The van der Waals surface area contributed by atoms with Gasteiger partial charge in [0.15, 0.2) is 0 Å². The molecule has 1 heterocycles. The molecular weight excluding hydrogens is 304 g/mol. The van der Waals surface area contributed by atoms with Crippen molar-refractivity contribution in [3.8, 4) is 0 Å². The molecule has 0 amide bonds. The highest BCUT2D eigenvalue weighted by atomic mass is 79.9. The van der Waals surface area contributed by atoms with Crippen LogP contribution < -0.4 is 10.9 Å². The van der Waals surface area contributed by atoms with E-state index >= 15 is 0 Å². The van der Waals surface area contributed by atoms with E-state index in [0.29, 0.717) is 13.1 Å². The fourth-order valence-electron chi connectivity index (χ4n) is 2.09. The maximum Gasteiger partial charge on any atom is 0.250 e. The number of aromatic nitrogens is 1. The molecule has 1 N–H and O–H groups in total. The van der Waals surface area contributed by atoms with Gasteiger partial charge in [-0.3, -0.25) is 4.79 Å². The lowest BCUT2D eigenvalue weighted by Gasteiger charge is -2.13. The number of hydrogen-bond donors (Lipinski definition) is 1. The number of aryl methyl sites for hydroxylation is 2. The minimum atomic E-state index is 0.0315. The largest absolute Gasteiger partial charge is 0.382 e. The van der Waals surface area contributed by atoms with Crippen molar-refractivity contribution in [1.29, 1.82) is 0 Å². The van der Waals surface area contributed by atoms with E-state index in [9.17, 15) is 4.79 Å². The van der Waals surface area contributed by atoms with Crippen LogP contribution in [0.4, 0.5) is 5.69 Å². The average molecular weight is 321 g/mol. The molecular formula is C15H17BrN2O. The van der Waals surface area contributed by atoms with Crippen molar-refractivity contribution in [1.82, 2.24) is 4.57 Å². The minimum Gasteiger partial charge on any atom is -0.382 e. The predicted octanol–water partition coefficient (Wildman–Crippen LogP) is 3.34. The van der Waals surface area contributed by atoms with Crippen molar-refractivity contribution >= 4 is 21.6 Å². The summed E-state index contributed by atoms with van der Waals surface area (Å²) in [5, 5.41) is 3.38. The first-order chi connectivity index (χ1) is 9.08. The van der Waals surface area contributed by atoms with E-state index in [1.165, 1.54) is 11.1 Å². The molecule has 1 aromatic heterocycles. The van der Waals surface area contributed by atoms with Crippen molar-refractivity contribution in [3.05, 3.63) is 62.5 Å². The summed E-state index contributed by atoms with van der Waals surface area (Å²) < 4.78 is 2.76. The number of halogens is 1. The third kappa shape index (κ3) is 3.47. The van der Waals surface area contributed by atoms with Crippen molar-refractivity contribution in [2.24, 2.45) is 0 Å². The van der Waals surface area contributed by atoms with Crippen molar-refractivity contribution in [2.75, 3.05) is 11.9 Å². The third-order valence-electron chi connectivity index (χ3n) is 2.99. The van der Waals surface area contributed by atoms with Crippen LogP contribution in [0.15, 0.2) is 45.8 Å². The zero-order valence-corrected chi connectivity index (χ0v) is 12.7. The molecule has 0 bridgehead atoms. The summed E-state index contributed by atoms with van der Waals surface area (Å²) in [5.74, 6) is 0. The molecule has 0 saturated heterocycles. The van der Waals surface area contributed by atoms with Gasteiger partial charge in [-0.15, -0.1) is 0 Å². The standard InChI is InChI=1S/C15H17BrN2O/c1-11-9-12(2)15(13(16)10-11)17-6-8-18-7-4-3-5-14(18)19/h3-5,7,9-10,17H,6,8H2,1-2H3. The van der Waals surface area contributed by atoms with Gasteiger partial charge in [0.25, 0.3) is 5.56 Å². The van der Waals surface area contributed by atoms with Crippen molar-refractivity contribution in [3.63, 3.8) is 0 Å². The third-order valence-corrected chi connectivity index (χ3v) is 3.61. The van der Waals surface area contributed by atoms with E-state index in [1.54, 1.807) is 22.9 Å². The fourth-order valence-corrected chi connectivity index (χ4v) is 2.90. The molecule has 3 nitrogen and oxygen atoms in total. The quantitative estimate of drug-likeness (QED) is 0.937. The Morgan fingerprint density at radius 2 is 2.05 bits per heavy atom. The summed E-state index contributed by atoms with van der Waals surface area (Å²) in [7, 11) is 0. The summed E-state index contributed by atoms with van der Waals surface area (Å²) in [6.45, 7) is 5.52. The van der Waals surface area contributed by atoms with Gasteiger partial charge in [0.05, 0.1) is 5.69 Å². The van der Waals surface area contributed by atoms with Gasteiger partial charge >= 0.3 is 0 Å². The monoisotopic (exact) mass is 320 g/mol. The van der Waals surface area contributed by atoms with Crippen LogP contribution in [0, 0.1) is 13.8 Å². The van der Waals surface area contributed by atoms with E-state index in [0.717, 1.165) is 10.2 Å². The Hall–Kier alpha value is -1.55. The second-order valence-electron chi connectivity index (χ2n) is 4.60. The molecule has 0 aliphatic rings. The SMILES string of the molecule is Cc1cc(C)c(NCCn2ccccc2=O)c(Br)c1. The van der Waals surface area contributed by atoms with Crippen LogP contribution in [0.5, 0.6) is 0 Å². The van der Waals surface area contributed by atoms with Gasteiger partial charge in [0.2, 0.25) is 0 Å². The first kappa shape index (κ1) is 13.9. The first-order valence-electron chi connectivity index (χ1n) is 6.24. The Morgan fingerprint density at radius 1 is 1.26 bits per heavy atom. The molecule has 0 fully saturated rings. The number of nitrogens with one attached hydrogen (secondary N) is 1. The Balaban J connectivity index is 2.04. The topological polar surface area (TPSA) is 34.0 Å². The van der Waals surface area contributed by atoms with Crippen LogP contribution in [0.25, 0.3) is 0 Å². The lowest BCUT2D eigenvalue weighted by Crippen LogP contribution is -2.22. The highest BCUT2D eigenvalue weighted by molar-refractivity contribution is 9.10. The van der Waals surface area contributed by atoms with Gasteiger partial charge in [0.1, 0.15) is 0 Å². The predicted molar refractivity (Wildman–Crippen MR) is 82.8 cm³/mol. The van der Waals surface area contributed by atoms with Crippen LogP contribution in [0.1, 0.15) is 11.1 Å². The molecule has 4 heteroatoms. The Labute approximate surface area is 121 Å². The summed E-state index contributed by atoms with van der Waals surface area (Å²) >= 11 is 3.57. The van der Waals surface area contributed by atoms with E-state index in [1.807, 2.05) is 6.07 Å². The minimum absolute atomic E-state index is 0.0315. The number of rotatable bonds is 4.